The Labute approximate surface area is 103 Å². The standard InChI is InChI=1S/C14H21NO2/c1-4-14(2,3)9-15-8-11-6-5-7-12-13(11)17-10-16-12/h5-7,15H,4,8-10H2,1-3H3. The van der Waals surface area contributed by atoms with E-state index in [0.29, 0.717) is 12.2 Å². The summed E-state index contributed by atoms with van der Waals surface area (Å²) < 4.78 is 10.8. The van der Waals surface area contributed by atoms with Gasteiger partial charge in [0.25, 0.3) is 0 Å². The number of benzene rings is 1. The van der Waals surface area contributed by atoms with E-state index >= 15 is 0 Å². The minimum atomic E-state index is 0.340. The summed E-state index contributed by atoms with van der Waals surface area (Å²) >= 11 is 0. The highest BCUT2D eigenvalue weighted by Crippen LogP contribution is 2.35. The Hall–Kier alpha value is -1.22. The molecule has 0 saturated heterocycles. The van der Waals surface area contributed by atoms with Crippen molar-refractivity contribution < 1.29 is 9.47 Å². The van der Waals surface area contributed by atoms with Gasteiger partial charge in [-0.25, -0.2) is 0 Å². The van der Waals surface area contributed by atoms with E-state index in [1.54, 1.807) is 0 Å². The molecule has 1 heterocycles. The molecule has 1 aliphatic rings. The molecule has 1 aromatic rings. The average Bonchev–Trinajstić information content (AvgIpc) is 2.78. The molecule has 3 nitrogen and oxygen atoms in total. The van der Waals surface area contributed by atoms with Crippen LogP contribution >= 0.6 is 0 Å². The van der Waals surface area contributed by atoms with Crippen LogP contribution in [-0.2, 0) is 6.54 Å². The summed E-state index contributed by atoms with van der Waals surface area (Å²) in [6, 6.07) is 6.04. The number of nitrogens with one attached hydrogen (secondary N) is 1. The van der Waals surface area contributed by atoms with Crippen LogP contribution in [0.4, 0.5) is 0 Å². The maximum Gasteiger partial charge on any atom is 0.231 e. The second kappa shape index (κ2) is 4.96. The van der Waals surface area contributed by atoms with Crippen molar-refractivity contribution in [1.82, 2.24) is 5.32 Å². The van der Waals surface area contributed by atoms with Gasteiger partial charge < -0.3 is 14.8 Å². The molecule has 17 heavy (non-hydrogen) atoms. The van der Waals surface area contributed by atoms with E-state index in [9.17, 15) is 0 Å². The molecular formula is C14H21NO2. The second-order valence-electron chi connectivity index (χ2n) is 5.27. The topological polar surface area (TPSA) is 30.5 Å². The maximum atomic E-state index is 5.48. The van der Waals surface area contributed by atoms with Gasteiger partial charge in [-0.3, -0.25) is 0 Å². The maximum absolute atomic E-state index is 5.48. The van der Waals surface area contributed by atoms with Crippen molar-refractivity contribution in [2.24, 2.45) is 5.41 Å². The van der Waals surface area contributed by atoms with Gasteiger partial charge in [0.2, 0.25) is 6.79 Å². The molecule has 0 bridgehead atoms. The fourth-order valence-corrected chi connectivity index (χ4v) is 1.79. The van der Waals surface area contributed by atoms with Gasteiger partial charge in [0, 0.05) is 18.7 Å². The molecule has 0 atom stereocenters. The van der Waals surface area contributed by atoms with Crippen LogP contribution in [0.1, 0.15) is 32.8 Å². The molecule has 0 amide bonds. The van der Waals surface area contributed by atoms with Gasteiger partial charge in [-0.2, -0.15) is 0 Å². The van der Waals surface area contributed by atoms with Gasteiger partial charge in [0.15, 0.2) is 11.5 Å². The lowest BCUT2D eigenvalue weighted by Crippen LogP contribution is -2.28. The Morgan fingerprint density at radius 3 is 2.88 bits per heavy atom. The smallest absolute Gasteiger partial charge is 0.231 e. The first kappa shape index (κ1) is 12.2. The van der Waals surface area contributed by atoms with Crippen LogP contribution in [0.15, 0.2) is 18.2 Å². The summed E-state index contributed by atoms with van der Waals surface area (Å²) in [4.78, 5) is 0. The van der Waals surface area contributed by atoms with E-state index in [4.69, 9.17) is 9.47 Å². The fraction of sp³-hybridized carbons (Fsp3) is 0.571. The molecule has 3 heteroatoms. The minimum absolute atomic E-state index is 0.340. The Kier molecular flexibility index (Phi) is 3.57. The van der Waals surface area contributed by atoms with Gasteiger partial charge in [-0.15, -0.1) is 0 Å². The van der Waals surface area contributed by atoms with Gasteiger partial charge in [0.1, 0.15) is 0 Å². The molecule has 0 saturated carbocycles. The van der Waals surface area contributed by atoms with Gasteiger partial charge in [-0.1, -0.05) is 32.9 Å². The molecular weight excluding hydrogens is 214 g/mol. The number of hydrogen-bond donors (Lipinski definition) is 1. The lowest BCUT2D eigenvalue weighted by molar-refractivity contribution is 0.173. The number of para-hydroxylation sites is 1. The molecule has 1 N–H and O–H groups in total. The van der Waals surface area contributed by atoms with Crippen molar-refractivity contribution in [3.05, 3.63) is 23.8 Å². The van der Waals surface area contributed by atoms with Crippen molar-refractivity contribution in [2.45, 2.75) is 33.7 Å². The fourth-order valence-electron chi connectivity index (χ4n) is 1.79. The zero-order valence-corrected chi connectivity index (χ0v) is 10.9. The molecule has 0 fully saturated rings. The zero-order valence-electron chi connectivity index (χ0n) is 10.9. The molecule has 0 radical (unpaired) electrons. The molecule has 0 aliphatic carbocycles. The molecule has 94 valence electrons. The van der Waals surface area contributed by atoms with E-state index in [1.165, 1.54) is 12.0 Å². The van der Waals surface area contributed by atoms with Crippen LogP contribution in [0.5, 0.6) is 11.5 Å². The van der Waals surface area contributed by atoms with Gasteiger partial charge in [-0.05, 0) is 17.9 Å². The number of ether oxygens (including phenoxy) is 2. The van der Waals surface area contributed by atoms with Crippen LogP contribution in [0.3, 0.4) is 0 Å². The van der Waals surface area contributed by atoms with E-state index in [-0.39, 0.29) is 0 Å². The van der Waals surface area contributed by atoms with Crippen LogP contribution in [0.25, 0.3) is 0 Å². The summed E-state index contributed by atoms with van der Waals surface area (Å²) in [5.41, 5.74) is 1.52. The Morgan fingerprint density at radius 1 is 1.29 bits per heavy atom. The third kappa shape index (κ3) is 2.91. The van der Waals surface area contributed by atoms with Crippen LogP contribution in [0.2, 0.25) is 0 Å². The molecule has 2 rings (SSSR count). The minimum Gasteiger partial charge on any atom is -0.454 e. The van der Waals surface area contributed by atoms with Crippen LogP contribution in [0, 0.1) is 5.41 Å². The van der Waals surface area contributed by atoms with E-state index in [2.05, 4.69) is 32.2 Å². The van der Waals surface area contributed by atoms with E-state index in [0.717, 1.165) is 24.6 Å². The number of rotatable bonds is 5. The molecule has 0 unspecified atom stereocenters. The van der Waals surface area contributed by atoms with Gasteiger partial charge in [0.05, 0.1) is 0 Å². The molecule has 1 aromatic carbocycles. The summed E-state index contributed by atoms with van der Waals surface area (Å²) in [6.45, 7) is 8.94. The second-order valence-corrected chi connectivity index (χ2v) is 5.27. The zero-order chi connectivity index (χ0) is 12.3. The van der Waals surface area contributed by atoms with Crippen molar-refractivity contribution in [2.75, 3.05) is 13.3 Å². The van der Waals surface area contributed by atoms with Crippen molar-refractivity contribution in [3.8, 4) is 11.5 Å². The average molecular weight is 235 g/mol. The first-order chi connectivity index (χ1) is 8.12. The summed E-state index contributed by atoms with van der Waals surface area (Å²) in [6.07, 6.45) is 1.17. The number of hydrogen-bond acceptors (Lipinski definition) is 3. The predicted molar refractivity (Wildman–Crippen MR) is 68.3 cm³/mol. The Bertz CT molecular complexity index is 388. The monoisotopic (exact) mass is 235 g/mol. The van der Waals surface area contributed by atoms with Crippen LogP contribution in [-0.4, -0.2) is 13.3 Å². The molecule has 0 spiro atoms. The van der Waals surface area contributed by atoms with E-state index in [1.807, 2.05) is 12.1 Å². The first-order valence-electron chi connectivity index (χ1n) is 6.20. The van der Waals surface area contributed by atoms with Crippen LogP contribution < -0.4 is 14.8 Å². The highest BCUT2D eigenvalue weighted by atomic mass is 16.7. The highest BCUT2D eigenvalue weighted by Gasteiger charge is 2.18. The first-order valence-corrected chi connectivity index (χ1v) is 6.20. The lowest BCUT2D eigenvalue weighted by atomic mass is 9.90. The van der Waals surface area contributed by atoms with Crippen molar-refractivity contribution in [1.29, 1.82) is 0 Å². The normalized spacial score (nSPS) is 14.1. The molecule has 0 aromatic heterocycles. The SMILES string of the molecule is CCC(C)(C)CNCc1cccc2c1OCO2. The number of fused-ring (bicyclic) bond motifs is 1. The van der Waals surface area contributed by atoms with Crippen molar-refractivity contribution >= 4 is 0 Å². The highest BCUT2D eigenvalue weighted by molar-refractivity contribution is 5.48. The largest absolute Gasteiger partial charge is 0.454 e. The third-order valence-electron chi connectivity index (χ3n) is 3.35. The quantitative estimate of drug-likeness (QED) is 0.851. The summed E-state index contributed by atoms with van der Waals surface area (Å²) in [5, 5.41) is 3.49. The summed E-state index contributed by atoms with van der Waals surface area (Å²) in [7, 11) is 0. The third-order valence-corrected chi connectivity index (χ3v) is 3.35. The predicted octanol–water partition coefficient (Wildman–Crippen LogP) is 2.94. The van der Waals surface area contributed by atoms with Crippen molar-refractivity contribution in [3.63, 3.8) is 0 Å². The van der Waals surface area contributed by atoms with E-state index < -0.39 is 0 Å². The van der Waals surface area contributed by atoms with Gasteiger partial charge >= 0.3 is 0 Å². The lowest BCUT2D eigenvalue weighted by Gasteiger charge is -2.23. The Morgan fingerprint density at radius 2 is 2.12 bits per heavy atom. The summed E-state index contributed by atoms with van der Waals surface area (Å²) in [5.74, 6) is 1.76. The molecule has 1 aliphatic heterocycles. The Balaban J connectivity index is 1.94.